The van der Waals surface area contributed by atoms with Crippen LogP contribution in [0, 0.1) is 0 Å². The van der Waals surface area contributed by atoms with Gasteiger partial charge in [0.25, 0.3) is 0 Å². The molecule has 0 spiro atoms. The first-order valence-electron chi connectivity index (χ1n) is 5.34. The highest BCUT2D eigenvalue weighted by atomic mass is 32.2. The van der Waals surface area contributed by atoms with Crippen LogP contribution in [0.2, 0.25) is 0 Å². The average molecular weight is 275 g/mol. The molecule has 18 heavy (non-hydrogen) atoms. The maximum Gasteiger partial charge on any atom is 0.441 e. The molecule has 1 aromatic heterocycles. The van der Waals surface area contributed by atoms with Crippen LogP contribution in [0.4, 0.5) is 13.2 Å². The predicted octanol–water partition coefficient (Wildman–Crippen LogP) is 3.90. The van der Waals surface area contributed by atoms with Crippen LogP contribution in [-0.4, -0.2) is 22.9 Å². The molecule has 0 aliphatic carbocycles. The number of hydrogen-bond acceptors (Lipinski definition) is 2. The molecule has 0 saturated carbocycles. The van der Waals surface area contributed by atoms with Crippen LogP contribution in [0.5, 0.6) is 5.75 Å². The van der Waals surface area contributed by atoms with Gasteiger partial charge in [0.05, 0.1) is 12.6 Å². The summed E-state index contributed by atoms with van der Waals surface area (Å²) < 4.78 is 43.2. The summed E-state index contributed by atoms with van der Waals surface area (Å²) in [5, 5.41) is 0.914. The Balaban J connectivity index is 2.15. The standard InChI is InChI=1S/C12H12F3NOS/c1-17-11-4-2-3-10-9(11)5-6-16(10)7-8-18-12(13,14)15/h2-6H,7-8H2,1H3. The topological polar surface area (TPSA) is 14.2 Å². The van der Waals surface area contributed by atoms with E-state index in [1.54, 1.807) is 17.9 Å². The molecular formula is C12H12F3NOS. The molecule has 2 rings (SSSR count). The first-order valence-corrected chi connectivity index (χ1v) is 6.32. The first-order chi connectivity index (χ1) is 8.51. The minimum absolute atomic E-state index is 0.00177. The molecule has 6 heteroatoms. The molecule has 0 aliphatic rings. The molecule has 0 amide bonds. The van der Waals surface area contributed by atoms with Gasteiger partial charge in [0.2, 0.25) is 0 Å². The quantitative estimate of drug-likeness (QED) is 0.840. The van der Waals surface area contributed by atoms with Crippen molar-refractivity contribution in [2.45, 2.75) is 12.1 Å². The lowest BCUT2D eigenvalue weighted by atomic mass is 10.2. The lowest BCUT2D eigenvalue weighted by molar-refractivity contribution is -0.0328. The normalized spacial score (nSPS) is 12.0. The number of halogens is 3. The van der Waals surface area contributed by atoms with E-state index in [1.807, 2.05) is 24.3 Å². The second-order valence-electron chi connectivity index (χ2n) is 3.70. The maximum absolute atomic E-state index is 12.1. The van der Waals surface area contributed by atoms with E-state index in [0.29, 0.717) is 6.54 Å². The smallest absolute Gasteiger partial charge is 0.441 e. The number of aromatic nitrogens is 1. The molecule has 1 aromatic carbocycles. The van der Waals surface area contributed by atoms with Gasteiger partial charge in [-0.25, -0.2) is 0 Å². The average Bonchev–Trinajstić information content (AvgIpc) is 2.71. The molecule has 0 radical (unpaired) electrons. The lowest BCUT2D eigenvalue weighted by Gasteiger charge is -2.08. The van der Waals surface area contributed by atoms with Gasteiger partial charge in [0, 0.05) is 23.9 Å². The Bertz CT molecular complexity index is 536. The molecule has 0 atom stereocenters. The molecule has 0 N–H and O–H groups in total. The zero-order valence-electron chi connectivity index (χ0n) is 9.70. The van der Waals surface area contributed by atoms with Crippen molar-refractivity contribution in [3.05, 3.63) is 30.5 Å². The van der Waals surface area contributed by atoms with Crippen molar-refractivity contribution in [3.63, 3.8) is 0 Å². The zero-order valence-corrected chi connectivity index (χ0v) is 10.5. The third kappa shape index (κ3) is 2.93. The maximum atomic E-state index is 12.1. The van der Waals surface area contributed by atoms with Crippen molar-refractivity contribution in [1.29, 1.82) is 0 Å². The fourth-order valence-electron chi connectivity index (χ4n) is 1.83. The van der Waals surface area contributed by atoms with Crippen LogP contribution < -0.4 is 4.74 Å². The van der Waals surface area contributed by atoms with E-state index in [1.165, 1.54) is 0 Å². The first kappa shape index (κ1) is 13.1. The Morgan fingerprint density at radius 3 is 2.72 bits per heavy atom. The van der Waals surface area contributed by atoms with Crippen molar-refractivity contribution in [1.82, 2.24) is 4.57 Å². The van der Waals surface area contributed by atoms with Crippen LogP contribution in [-0.2, 0) is 6.54 Å². The van der Waals surface area contributed by atoms with Crippen molar-refractivity contribution < 1.29 is 17.9 Å². The number of benzene rings is 1. The number of rotatable bonds is 4. The van der Waals surface area contributed by atoms with Gasteiger partial charge in [0.1, 0.15) is 5.75 Å². The van der Waals surface area contributed by atoms with Gasteiger partial charge in [-0.15, -0.1) is 0 Å². The Kier molecular flexibility index (Phi) is 3.75. The molecular weight excluding hydrogens is 263 g/mol. The van der Waals surface area contributed by atoms with E-state index in [0.717, 1.165) is 16.7 Å². The van der Waals surface area contributed by atoms with E-state index >= 15 is 0 Å². The number of thioether (sulfide) groups is 1. The molecule has 98 valence electrons. The Labute approximate surface area is 107 Å². The summed E-state index contributed by atoms with van der Waals surface area (Å²) in [6.07, 6.45) is 1.78. The van der Waals surface area contributed by atoms with Crippen molar-refractivity contribution in [2.75, 3.05) is 12.9 Å². The third-order valence-corrected chi connectivity index (χ3v) is 3.31. The van der Waals surface area contributed by atoms with Crippen LogP contribution >= 0.6 is 11.8 Å². The Morgan fingerprint density at radius 2 is 2.06 bits per heavy atom. The molecule has 0 bridgehead atoms. The number of alkyl halides is 3. The van der Waals surface area contributed by atoms with Gasteiger partial charge in [-0.1, -0.05) is 6.07 Å². The second kappa shape index (κ2) is 5.14. The number of fused-ring (bicyclic) bond motifs is 1. The lowest BCUT2D eigenvalue weighted by Crippen LogP contribution is -2.06. The largest absolute Gasteiger partial charge is 0.496 e. The molecule has 2 nitrogen and oxygen atoms in total. The van der Waals surface area contributed by atoms with E-state index in [9.17, 15) is 13.2 Å². The van der Waals surface area contributed by atoms with Crippen LogP contribution in [0.15, 0.2) is 30.5 Å². The van der Waals surface area contributed by atoms with Gasteiger partial charge in [-0.3, -0.25) is 0 Å². The van der Waals surface area contributed by atoms with E-state index in [4.69, 9.17) is 4.74 Å². The highest BCUT2D eigenvalue weighted by molar-refractivity contribution is 8.00. The van der Waals surface area contributed by atoms with E-state index in [2.05, 4.69) is 0 Å². The van der Waals surface area contributed by atoms with Gasteiger partial charge < -0.3 is 9.30 Å². The summed E-state index contributed by atoms with van der Waals surface area (Å²) in [5.74, 6) is 0.736. The number of nitrogens with zero attached hydrogens (tertiary/aromatic N) is 1. The highest BCUT2D eigenvalue weighted by Crippen LogP contribution is 2.31. The van der Waals surface area contributed by atoms with Crippen LogP contribution in [0.3, 0.4) is 0 Å². The van der Waals surface area contributed by atoms with Gasteiger partial charge in [0.15, 0.2) is 0 Å². The van der Waals surface area contributed by atoms with Gasteiger partial charge >= 0.3 is 5.51 Å². The predicted molar refractivity (Wildman–Crippen MR) is 67.0 cm³/mol. The molecule has 0 fully saturated rings. The molecule has 2 aromatic rings. The van der Waals surface area contributed by atoms with E-state index in [-0.39, 0.29) is 17.5 Å². The fourth-order valence-corrected chi connectivity index (χ4v) is 2.35. The van der Waals surface area contributed by atoms with Gasteiger partial charge in [-0.2, -0.15) is 13.2 Å². The van der Waals surface area contributed by atoms with Crippen LogP contribution in [0.1, 0.15) is 0 Å². The fraction of sp³-hybridized carbons (Fsp3) is 0.333. The Morgan fingerprint density at radius 1 is 1.28 bits per heavy atom. The van der Waals surface area contributed by atoms with Crippen molar-refractivity contribution in [3.8, 4) is 5.75 Å². The number of methoxy groups -OCH3 is 1. The SMILES string of the molecule is COc1cccc2c1ccn2CCSC(F)(F)F. The monoisotopic (exact) mass is 275 g/mol. The van der Waals surface area contributed by atoms with Gasteiger partial charge in [-0.05, 0) is 30.0 Å². The van der Waals surface area contributed by atoms with Crippen molar-refractivity contribution in [2.24, 2.45) is 0 Å². The number of ether oxygens (including phenoxy) is 1. The summed E-state index contributed by atoms with van der Waals surface area (Å²) in [6.45, 7) is 0.320. The van der Waals surface area contributed by atoms with E-state index < -0.39 is 5.51 Å². The summed E-state index contributed by atoms with van der Waals surface area (Å²) >= 11 is -0.00177. The summed E-state index contributed by atoms with van der Waals surface area (Å²) in [4.78, 5) is 0. The minimum Gasteiger partial charge on any atom is -0.496 e. The molecule has 0 unspecified atom stereocenters. The zero-order chi connectivity index (χ0) is 13.2. The number of hydrogen-bond donors (Lipinski definition) is 0. The minimum atomic E-state index is -4.17. The number of aryl methyl sites for hydroxylation is 1. The van der Waals surface area contributed by atoms with Crippen LogP contribution in [0.25, 0.3) is 10.9 Å². The summed E-state index contributed by atoms with van der Waals surface area (Å²) in [7, 11) is 1.58. The third-order valence-electron chi connectivity index (χ3n) is 2.59. The summed E-state index contributed by atoms with van der Waals surface area (Å²) in [6, 6.07) is 7.38. The summed E-state index contributed by atoms with van der Waals surface area (Å²) in [5.41, 5.74) is -3.28. The molecule has 0 saturated heterocycles. The molecule has 0 aliphatic heterocycles. The Hall–Kier alpha value is -1.30. The van der Waals surface area contributed by atoms with Crippen molar-refractivity contribution >= 4 is 22.7 Å². The molecule has 1 heterocycles. The highest BCUT2D eigenvalue weighted by Gasteiger charge is 2.27. The second-order valence-corrected chi connectivity index (χ2v) is 4.86.